The monoisotopic (exact) mass is 411 g/mol. The first kappa shape index (κ1) is 19.7. The Morgan fingerprint density at radius 2 is 1.87 bits per heavy atom. The standard InChI is InChI=1S/C21H19F2N5O2/c1-11-10-16(18(22)23)28-21(24-11)26-19(27-28)20(29)25-12(2)13-8-9-17(30-3)15-7-5-4-6-14(13)15/h4-10,12,18H,1-3H3,(H,25,29)/t12-/m1/s1. The number of ether oxygens (including phenoxy) is 1. The van der Waals surface area contributed by atoms with Crippen LogP contribution in [0.5, 0.6) is 5.75 Å². The van der Waals surface area contributed by atoms with Crippen LogP contribution in [0.4, 0.5) is 8.78 Å². The van der Waals surface area contributed by atoms with Crippen LogP contribution in [0.15, 0.2) is 42.5 Å². The summed E-state index contributed by atoms with van der Waals surface area (Å²) in [6.07, 6.45) is -2.77. The van der Waals surface area contributed by atoms with Gasteiger partial charge in [0.25, 0.3) is 18.1 Å². The van der Waals surface area contributed by atoms with Crippen LogP contribution < -0.4 is 10.1 Å². The molecule has 0 aliphatic carbocycles. The summed E-state index contributed by atoms with van der Waals surface area (Å²) in [4.78, 5) is 20.8. The summed E-state index contributed by atoms with van der Waals surface area (Å²) in [5, 5.41) is 8.63. The molecule has 154 valence electrons. The number of benzene rings is 2. The Hall–Kier alpha value is -3.62. The van der Waals surface area contributed by atoms with Crippen molar-refractivity contribution in [1.29, 1.82) is 0 Å². The molecule has 1 amide bonds. The van der Waals surface area contributed by atoms with Crippen molar-refractivity contribution < 1.29 is 18.3 Å². The zero-order valence-electron chi connectivity index (χ0n) is 16.6. The molecular weight excluding hydrogens is 392 g/mol. The fraction of sp³-hybridized carbons (Fsp3) is 0.238. The summed E-state index contributed by atoms with van der Waals surface area (Å²) < 4.78 is 32.9. The number of carbonyl (C=O) groups is 1. The highest BCUT2D eigenvalue weighted by molar-refractivity contribution is 5.94. The number of hydrogen-bond donors (Lipinski definition) is 1. The highest BCUT2D eigenvalue weighted by atomic mass is 19.3. The Morgan fingerprint density at radius 1 is 1.13 bits per heavy atom. The van der Waals surface area contributed by atoms with Crippen molar-refractivity contribution in [2.24, 2.45) is 0 Å². The third-order valence-electron chi connectivity index (χ3n) is 4.85. The van der Waals surface area contributed by atoms with E-state index >= 15 is 0 Å². The number of aromatic nitrogens is 4. The van der Waals surface area contributed by atoms with E-state index in [1.807, 2.05) is 43.3 Å². The fourth-order valence-electron chi connectivity index (χ4n) is 3.46. The summed E-state index contributed by atoms with van der Waals surface area (Å²) in [6.45, 7) is 3.41. The summed E-state index contributed by atoms with van der Waals surface area (Å²) in [5.74, 6) is -0.112. The van der Waals surface area contributed by atoms with Gasteiger partial charge in [-0.05, 0) is 36.9 Å². The van der Waals surface area contributed by atoms with Crippen LogP contribution in [0, 0.1) is 6.92 Å². The van der Waals surface area contributed by atoms with Gasteiger partial charge in [0, 0.05) is 11.1 Å². The molecule has 1 atom stereocenters. The van der Waals surface area contributed by atoms with Crippen LogP contribution in [-0.2, 0) is 0 Å². The second kappa shape index (κ2) is 7.66. The van der Waals surface area contributed by atoms with Crippen LogP contribution in [0.25, 0.3) is 16.6 Å². The number of halogens is 2. The van der Waals surface area contributed by atoms with Crippen LogP contribution in [0.2, 0.25) is 0 Å². The van der Waals surface area contributed by atoms with E-state index in [-0.39, 0.29) is 23.3 Å². The van der Waals surface area contributed by atoms with Gasteiger partial charge >= 0.3 is 0 Å². The lowest BCUT2D eigenvalue weighted by atomic mass is 9.99. The molecule has 7 nitrogen and oxygen atoms in total. The zero-order valence-corrected chi connectivity index (χ0v) is 16.6. The van der Waals surface area contributed by atoms with Gasteiger partial charge in [-0.3, -0.25) is 4.79 Å². The molecule has 2 aromatic heterocycles. The maximum Gasteiger partial charge on any atom is 0.291 e. The number of carbonyl (C=O) groups excluding carboxylic acids is 1. The van der Waals surface area contributed by atoms with Gasteiger partial charge in [-0.2, -0.15) is 9.50 Å². The number of nitrogens with one attached hydrogen (secondary N) is 1. The van der Waals surface area contributed by atoms with Crippen LogP contribution in [0.3, 0.4) is 0 Å². The average molecular weight is 411 g/mol. The SMILES string of the molecule is COc1ccc([C@@H](C)NC(=O)c2nc3nc(C)cc(C(F)F)n3n2)c2ccccc12. The summed E-state index contributed by atoms with van der Waals surface area (Å²) in [5.41, 5.74) is 0.888. The van der Waals surface area contributed by atoms with E-state index in [1.54, 1.807) is 14.0 Å². The minimum Gasteiger partial charge on any atom is -0.496 e. The maximum absolute atomic E-state index is 13.3. The maximum atomic E-state index is 13.3. The lowest BCUT2D eigenvalue weighted by Gasteiger charge is -2.17. The second-order valence-electron chi connectivity index (χ2n) is 6.87. The highest BCUT2D eigenvalue weighted by Gasteiger charge is 2.22. The largest absolute Gasteiger partial charge is 0.496 e. The van der Waals surface area contributed by atoms with Gasteiger partial charge in [0.05, 0.1) is 13.2 Å². The van der Waals surface area contributed by atoms with Gasteiger partial charge in [0.2, 0.25) is 5.82 Å². The first-order valence-electron chi connectivity index (χ1n) is 9.28. The molecule has 0 saturated carbocycles. The minimum atomic E-state index is -2.77. The number of alkyl halides is 2. The van der Waals surface area contributed by atoms with E-state index < -0.39 is 12.3 Å². The van der Waals surface area contributed by atoms with Crippen molar-refractivity contribution in [3.05, 3.63) is 65.2 Å². The quantitative estimate of drug-likeness (QED) is 0.536. The lowest BCUT2D eigenvalue weighted by molar-refractivity contribution is 0.0929. The number of fused-ring (bicyclic) bond motifs is 2. The molecule has 2 heterocycles. The summed E-state index contributed by atoms with van der Waals surface area (Å²) in [7, 11) is 1.60. The van der Waals surface area contributed by atoms with Crippen molar-refractivity contribution >= 4 is 22.5 Å². The van der Waals surface area contributed by atoms with Gasteiger partial charge in [-0.15, -0.1) is 5.10 Å². The van der Waals surface area contributed by atoms with Crippen molar-refractivity contribution in [1.82, 2.24) is 24.9 Å². The van der Waals surface area contributed by atoms with E-state index in [2.05, 4.69) is 20.4 Å². The molecule has 0 bridgehead atoms. The predicted molar refractivity (Wildman–Crippen MR) is 107 cm³/mol. The Balaban J connectivity index is 1.66. The molecule has 4 aromatic rings. The first-order chi connectivity index (χ1) is 14.4. The molecule has 30 heavy (non-hydrogen) atoms. The molecule has 4 rings (SSSR count). The second-order valence-corrected chi connectivity index (χ2v) is 6.87. The Morgan fingerprint density at radius 3 is 2.57 bits per heavy atom. The summed E-state index contributed by atoms with van der Waals surface area (Å²) in [6, 6.07) is 12.3. The number of nitrogens with zero attached hydrogens (tertiary/aromatic N) is 4. The zero-order chi connectivity index (χ0) is 21.4. The van der Waals surface area contributed by atoms with Crippen molar-refractivity contribution in [3.63, 3.8) is 0 Å². The molecule has 9 heteroatoms. The van der Waals surface area contributed by atoms with Crippen LogP contribution in [0.1, 0.15) is 47.0 Å². The van der Waals surface area contributed by atoms with E-state index in [9.17, 15) is 13.6 Å². The topological polar surface area (TPSA) is 81.4 Å². The molecule has 0 aliphatic rings. The Bertz CT molecular complexity index is 1260. The van der Waals surface area contributed by atoms with E-state index in [1.165, 1.54) is 6.07 Å². The van der Waals surface area contributed by atoms with Gasteiger partial charge in [0.1, 0.15) is 11.4 Å². The first-order valence-corrected chi connectivity index (χ1v) is 9.28. The van der Waals surface area contributed by atoms with E-state index in [4.69, 9.17) is 4.74 Å². The van der Waals surface area contributed by atoms with E-state index in [0.29, 0.717) is 5.69 Å². The molecule has 0 fully saturated rings. The van der Waals surface area contributed by atoms with Crippen LogP contribution >= 0.6 is 0 Å². The van der Waals surface area contributed by atoms with Gasteiger partial charge in [0.15, 0.2) is 0 Å². The highest BCUT2D eigenvalue weighted by Crippen LogP contribution is 2.31. The average Bonchev–Trinajstić information content (AvgIpc) is 3.16. The minimum absolute atomic E-state index is 0.0435. The smallest absolute Gasteiger partial charge is 0.291 e. The molecule has 0 saturated heterocycles. The number of methoxy groups -OCH3 is 1. The number of hydrogen-bond acceptors (Lipinski definition) is 5. The lowest BCUT2D eigenvalue weighted by Crippen LogP contribution is -2.27. The Kier molecular flexibility index (Phi) is 5.03. The molecular formula is C21H19F2N5O2. The van der Waals surface area contributed by atoms with Gasteiger partial charge in [-0.1, -0.05) is 30.3 Å². The summed E-state index contributed by atoms with van der Waals surface area (Å²) >= 11 is 0. The molecule has 0 spiro atoms. The predicted octanol–water partition coefficient (Wildman–Crippen LogP) is 4.02. The Labute approximate surface area is 170 Å². The molecule has 0 radical (unpaired) electrons. The third kappa shape index (κ3) is 3.42. The molecule has 1 N–H and O–H groups in total. The van der Waals surface area contributed by atoms with Crippen molar-refractivity contribution in [2.45, 2.75) is 26.3 Å². The third-order valence-corrected chi connectivity index (χ3v) is 4.85. The van der Waals surface area contributed by atoms with Gasteiger partial charge in [-0.25, -0.2) is 13.8 Å². The molecule has 2 aromatic carbocycles. The van der Waals surface area contributed by atoms with Gasteiger partial charge < -0.3 is 10.1 Å². The normalized spacial score (nSPS) is 12.5. The van der Waals surface area contributed by atoms with Crippen molar-refractivity contribution in [2.75, 3.05) is 7.11 Å². The molecule has 0 aliphatic heterocycles. The molecule has 0 unspecified atom stereocenters. The number of aryl methyl sites for hydroxylation is 1. The number of rotatable bonds is 5. The van der Waals surface area contributed by atoms with E-state index in [0.717, 1.165) is 26.6 Å². The van der Waals surface area contributed by atoms with Crippen LogP contribution in [-0.4, -0.2) is 32.6 Å². The van der Waals surface area contributed by atoms with Crippen molar-refractivity contribution in [3.8, 4) is 5.75 Å². The number of amides is 1. The fourth-order valence-corrected chi connectivity index (χ4v) is 3.46.